The van der Waals surface area contributed by atoms with E-state index >= 15 is 0 Å². The van der Waals surface area contributed by atoms with Gasteiger partial charge < -0.3 is 10.1 Å². The van der Waals surface area contributed by atoms with Crippen molar-refractivity contribution in [3.63, 3.8) is 0 Å². The van der Waals surface area contributed by atoms with E-state index in [1.165, 1.54) is 5.56 Å². The number of carbonyl (C=O) groups is 2. The predicted molar refractivity (Wildman–Crippen MR) is 139 cm³/mol. The molecule has 6 rings (SSSR count). The van der Waals surface area contributed by atoms with E-state index in [2.05, 4.69) is 52.0 Å². The molecule has 4 fully saturated rings. The molecule has 0 radical (unpaired) electrons. The monoisotopic (exact) mass is 485 g/mol. The number of nitrogens with zero attached hydrogens (tertiary/aromatic N) is 2. The molecule has 4 atom stereocenters. The molecule has 0 bridgehead atoms. The van der Waals surface area contributed by atoms with Crippen molar-refractivity contribution in [2.75, 3.05) is 44.6 Å². The van der Waals surface area contributed by atoms with Gasteiger partial charge in [-0.1, -0.05) is 54.6 Å². The number of rotatable bonds is 7. The quantitative estimate of drug-likeness (QED) is 0.478. The maximum atomic E-state index is 12.8. The van der Waals surface area contributed by atoms with E-state index in [4.69, 9.17) is 4.74 Å². The van der Waals surface area contributed by atoms with Gasteiger partial charge >= 0.3 is 5.97 Å². The minimum atomic E-state index is -0.452. The van der Waals surface area contributed by atoms with Crippen LogP contribution in [0.25, 0.3) is 0 Å². The number of amides is 1. The van der Waals surface area contributed by atoms with Crippen LogP contribution in [-0.4, -0.2) is 61.0 Å². The Hall–Kier alpha value is -2.96. The zero-order valence-corrected chi connectivity index (χ0v) is 20.8. The van der Waals surface area contributed by atoms with Gasteiger partial charge in [-0.2, -0.15) is 0 Å². The number of fused-ring (bicyclic) bond motifs is 2. The second-order valence-corrected chi connectivity index (χ2v) is 11.4. The number of allylic oxidation sites excluding steroid dienone is 1. The highest BCUT2D eigenvalue weighted by atomic mass is 16.5. The number of hydrogen-bond donors (Lipinski definition) is 1. The first-order valence-electron chi connectivity index (χ1n) is 13.2. The largest absolute Gasteiger partial charge is 0.465 e. The van der Waals surface area contributed by atoms with E-state index in [-0.39, 0.29) is 17.8 Å². The highest BCUT2D eigenvalue weighted by Crippen LogP contribution is 2.52. The van der Waals surface area contributed by atoms with E-state index < -0.39 is 5.41 Å². The average molecular weight is 486 g/mol. The highest BCUT2D eigenvalue weighted by molar-refractivity contribution is 5.92. The van der Waals surface area contributed by atoms with Crippen molar-refractivity contribution >= 4 is 17.6 Å². The molecule has 1 saturated carbocycles. The summed E-state index contributed by atoms with van der Waals surface area (Å²) in [6.07, 6.45) is 2.27. The summed E-state index contributed by atoms with van der Waals surface area (Å²) in [5.74, 6) is 1.49. The Morgan fingerprint density at radius 3 is 2.39 bits per heavy atom. The fourth-order valence-electron chi connectivity index (χ4n) is 7.02. The number of ether oxygens (including phenoxy) is 1. The molecule has 3 aliphatic heterocycles. The number of nitrogens with one attached hydrogen (secondary N) is 1. The number of anilines is 1. The number of carbonyl (C=O) groups excluding carboxylic acids is 2. The number of benzene rings is 2. The number of hydrogen-bond acceptors (Lipinski definition) is 5. The summed E-state index contributed by atoms with van der Waals surface area (Å²) >= 11 is 0. The van der Waals surface area contributed by atoms with Gasteiger partial charge in [0.25, 0.3) is 0 Å². The molecule has 188 valence electrons. The van der Waals surface area contributed by atoms with Crippen LogP contribution >= 0.6 is 0 Å². The van der Waals surface area contributed by atoms with Crippen LogP contribution in [0.4, 0.5) is 5.69 Å². The van der Waals surface area contributed by atoms with Gasteiger partial charge in [0.15, 0.2) is 0 Å². The van der Waals surface area contributed by atoms with E-state index in [1.807, 2.05) is 24.3 Å². The lowest BCUT2D eigenvalue weighted by atomic mass is 9.75. The Balaban J connectivity index is 0.982. The van der Waals surface area contributed by atoms with Crippen LogP contribution in [0.5, 0.6) is 0 Å². The molecule has 2 aromatic rings. The van der Waals surface area contributed by atoms with Gasteiger partial charge in [0.1, 0.15) is 0 Å². The first kappa shape index (κ1) is 23.4. The minimum absolute atomic E-state index is 0.0361. The highest BCUT2D eigenvalue weighted by Gasteiger charge is 2.55. The smallest absolute Gasteiger partial charge is 0.313 e. The second kappa shape index (κ2) is 9.49. The molecule has 0 spiro atoms. The summed E-state index contributed by atoms with van der Waals surface area (Å²) in [5, 5.41) is 3.06. The van der Waals surface area contributed by atoms with Gasteiger partial charge in [0, 0.05) is 44.3 Å². The van der Waals surface area contributed by atoms with Gasteiger partial charge in [-0.3, -0.25) is 19.4 Å². The maximum absolute atomic E-state index is 12.8. The third kappa shape index (κ3) is 4.60. The lowest BCUT2D eigenvalue weighted by molar-refractivity contribution is -0.146. The minimum Gasteiger partial charge on any atom is -0.465 e. The van der Waals surface area contributed by atoms with Crippen molar-refractivity contribution in [2.24, 2.45) is 23.2 Å². The summed E-state index contributed by atoms with van der Waals surface area (Å²) in [6, 6.07) is 18.6. The van der Waals surface area contributed by atoms with E-state index in [9.17, 15) is 9.59 Å². The van der Waals surface area contributed by atoms with Crippen LogP contribution in [0, 0.1) is 23.2 Å². The topological polar surface area (TPSA) is 61.9 Å². The third-order valence-corrected chi connectivity index (χ3v) is 8.72. The summed E-state index contributed by atoms with van der Waals surface area (Å²) in [7, 11) is 0. The number of esters is 1. The summed E-state index contributed by atoms with van der Waals surface area (Å²) in [6.45, 7) is 10.3. The summed E-state index contributed by atoms with van der Waals surface area (Å²) in [4.78, 5) is 30.2. The van der Waals surface area contributed by atoms with Gasteiger partial charge in [-0.15, -0.1) is 0 Å². The molecule has 1 amide bonds. The van der Waals surface area contributed by atoms with E-state index in [0.717, 1.165) is 62.4 Å². The number of likely N-dealkylation sites (tertiary alicyclic amines) is 2. The Labute approximate surface area is 213 Å². The summed E-state index contributed by atoms with van der Waals surface area (Å²) < 4.78 is 5.40. The van der Waals surface area contributed by atoms with Crippen LogP contribution in [-0.2, 0) is 27.3 Å². The molecule has 36 heavy (non-hydrogen) atoms. The lowest BCUT2D eigenvalue weighted by Gasteiger charge is -2.24. The second-order valence-electron chi connectivity index (χ2n) is 11.4. The molecule has 1 aliphatic carbocycles. The maximum Gasteiger partial charge on any atom is 0.313 e. The Bertz CT molecular complexity index is 1130. The zero-order chi connectivity index (χ0) is 24.7. The fraction of sp³-hybridized carbons (Fsp3) is 0.467. The van der Waals surface area contributed by atoms with Crippen molar-refractivity contribution < 1.29 is 14.3 Å². The molecule has 3 heterocycles. The van der Waals surface area contributed by atoms with Crippen LogP contribution in [0.2, 0.25) is 0 Å². The SMILES string of the molecule is C=C1CC2COC(=O)C2(Cc2ccc(NC(=O)CN3CC4CN(Cc5ccccc5)CC4C3)cc2)C1. The molecule has 3 saturated heterocycles. The van der Waals surface area contributed by atoms with Crippen molar-refractivity contribution in [1.29, 1.82) is 0 Å². The van der Waals surface area contributed by atoms with Gasteiger partial charge in [0.05, 0.1) is 18.6 Å². The molecule has 0 aromatic heterocycles. The molecule has 6 nitrogen and oxygen atoms in total. The average Bonchev–Trinajstić information content (AvgIpc) is 3.56. The lowest BCUT2D eigenvalue weighted by Crippen LogP contribution is -2.34. The Morgan fingerprint density at radius 2 is 1.67 bits per heavy atom. The van der Waals surface area contributed by atoms with Crippen molar-refractivity contribution in [2.45, 2.75) is 25.8 Å². The summed E-state index contributed by atoms with van der Waals surface area (Å²) in [5.41, 5.74) is 3.97. The zero-order valence-electron chi connectivity index (χ0n) is 20.8. The fourth-order valence-corrected chi connectivity index (χ4v) is 7.02. The van der Waals surface area contributed by atoms with Gasteiger partial charge in [-0.25, -0.2) is 0 Å². The van der Waals surface area contributed by atoms with Crippen molar-refractivity contribution in [3.8, 4) is 0 Å². The van der Waals surface area contributed by atoms with Crippen molar-refractivity contribution in [1.82, 2.24) is 9.80 Å². The van der Waals surface area contributed by atoms with Gasteiger partial charge in [0.2, 0.25) is 5.91 Å². The first-order chi connectivity index (χ1) is 17.5. The van der Waals surface area contributed by atoms with Crippen LogP contribution in [0.3, 0.4) is 0 Å². The van der Waals surface area contributed by atoms with E-state index in [0.29, 0.717) is 31.4 Å². The predicted octanol–water partition coefficient (Wildman–Crippen LogP) is 3.74. The molecular weight excluding hydrogens is 450 g/mol. The Kier molecular flexibility index (Phi) is 6.18. The standard InChI is InChI=1S/C30H35N3O3/c1-21-11-26-20-36-29(35)30(26,12-21)13-22-7-9-27(10-8-22)31-28(34)19-33-17-24-15-32(16-25(24)18-33)14-23-5-3-2-4-6-23/h2-10,24-26H,1,11-20H2,(H,31,34). The molecule has 6 heteroatoms. The Morgan fingerprint density at radius 1 is 0.972 bits per heavy atom. The molecule has 1 N–H and O–H groups in total. The third-order valence-electron chi connectivity index (χ3n) is 8.72. The van der Waals surface area contributed by atoms with Crippen LogP contribution < -0.4 is 5.32 Å². The van der Waals surface area contributed by atoms with Crippen LogP contribution in [0.1, 0.15) is 24.0 Å². The van der Waals surface area contributed by atoms with Crippen LogP contribution in [0.15, 0.2) is 66.7 Å². The first-order valence-corrected chi connectivity index (χ1v) is 13.2. The molecule has 4 aliphatic rings. The van der Waals surface area contributed by atoms with Crippen molar-refractivity contribution in [3.05, 3.63) is 77.9 Å². The molecule has 2 aromatic carbocycles. The number of cyclic esters (lactones) is 1. The van der Waals surface area contributed by atoms with Gasteiger partial charge in [-0.05, 0) is 54.4 Å². The van der Waals surface area contributed by atoms with E-state index in [1.54, 1.807) is 0 Å². The molecule has 4 unspecified atom stereocenters. The normalized spacial score (nSPS) is 29.8. The molecular formula is C30H35N3O3.